The van der Waals surface area contributed by atoms with Crippen molar-refractivity contribution in [1.82, 2.24) is 14.3 Å². The van der Waals surface area contributed by atoms with Gasteiger partial charge in [-0.25, -0.2) is 4.98 Å². The van der Waals surface area contributed by atoms with Crippen molar-refractivity contribution in [2.24, 2.45) is 5.92 Å². The molecule has 3 aromatic rings. The van der Waals surface area contributed by atoms with E-state index in [1.165, 1.54) is 36.8 Å². The largest absolute Gasteiger partial charge is 0.340 e. The van der Waals surface area contributed by atoms with Crippen molar-refractivity contribution < 1.29 is 4.79 Å². The van der Waals surface area contributed by atoms with Crippen LogP contribution in [0.5, 0.6) is 0 Å². The first-order valence-corrected chi connectivity index (χ1v) is 11.7. The third-order valence-corrected chi connectivity index (χ3v) is 5.81. The van der Waals surface area contributed by atoms with E-state index in [0.29, 0.717) is 18.9 Å². The SMILES string of the molecule is CCCCCCc1ccc(-c2nc3ccc(C)cn3c2CN(C)C(=O)CC(C)C)cc1. The van der Waals surface area contributed by atoms with E-state index in [2.05, 4.69) is 74.7 Å². The topological polar surface area (TPSA) is 37.6 Å². The molecular formula is C27H37N3O. The Hall–Kier alpha value is -2.62. The second kappa shape index (κ2) is 10.6. The molecule has 3 rings (SSSR count). The van der Waals surface area contributed by atoms with Gasteiger partial charge in [0.25, 0.3) is 0 Å². The number of aryl methyl sites for hydroxylation is 2. The quantitative estimate of drug-likeness (QED) is 0.355. The molecule has 0 bridgehead atoms. The van der Waals surface area contributed by atoms with Gasteiger partial charge in [-0.05, 0) is 42.9 Å². The Morgan fingerprint density at radius 2 is 1.81 bits per heavy atom. The van der Waals surface area contributed by atoms with Crippen LogP contribution < -0.4 is 0 Å². The molecule has 0 radical (unpaired) electrons. The Morgan fingerprint density at radius 1 is 1.06 bits per heavy atom. The Balaban J connectivity index is 1.89. The first-order chi connectivity index (χ1) is 14.9. The van der Waals surface area contributed by atoms with Crippen molar-refractivity contribution in [3.63, 3.8) is 0 Å². The van der Waals surface area contributed by atoms with Gasteiger partial charge in [-0.3, -0.25) is 4.79 Å². The fourth-order valence-corrected chi connectivity index (χ4v) is 3.98. The number of aromatic nitrogens is 2. The second-order valence-electron chi connectivity index (χ2n) is 9.20. The van der Waals surface area contributed by atoms with Crippen LogP contribution in [0.3, 0.4) is 0 Å². The summed E-state index contributed by atoms with van der Waals surface area (Å²) in [5.41, 5.74) is 6.62. The van der Waals surface area contributed by atoms with Gasteiger partial charge in [0.2, 0.25) is 5.91 Å². The zero-order valence-electron chi connectivity index (χ0n) is 19.8. The predicted octanol–water partition coefficient (Wildman–Crippen LogP) is 6.44. The summed E-state index contributed by atoms with van der Waals surface area (Å²) in [5, 5.41) is 0. The van der Waals surface area contributed by atoms with Crippen molar-refractivity contribution in [2.45, 2.75) is 72.8 Å². The number of benzene rings is 1. The van der Waals surface area contributed by atoms with E-state index >= 15 is 0 Å². The zero-order valence-corrected chi connectivity index (χ0v) is 19.8. The lowest BCUT2D eigenvalue weighted by molar-refractivity contribution is -0.131. The molecule has 0 fully saturated rings. The van der Waals surface area contributed by atoms with Crippen LogP contribution in [0, 0.1) is 12.8 Å². The standard InChI is InChI=1S/C27H37N3O/c1-6-7-8-9-10-22-12-14-23(15-13-22)27-24(19-29(5)26(31)17-20(2)3)30-18-21(4)11-16-25(30)28-27/h11-16,18,20H,6-10,17,19H2,1-5H3. The number of hydrogen-bond donors (Lipinski definition) is 0. The Bertz CT molecular complexity index is 1000. The molecule has 0 atom stereocenters. The van der Waals surface area contributed by atoms with Crippen LogP contribution >= 0.6 is 0 Å². The summed E-state index contributed by atoms with van der Waals surface area (Å²) >= 11 is 0. The van der Waals surface area contributed by atoms with E-state index in [0.717, 1.165) is 29.0 Å². The number of carbonyl (C=O) groups is 1. The van der Waals surface area contributed by atoms with Crippen molar-refractivity contribution in [1.29, 1.82) is 0 Å². The summed E-state index contributed by atoms with van der Waals surface area (Å²) in [6, 6.07) is 13.0. The minimum atomic E-state index is 0.172. The zero-order chi connectivity index (χ0) is 22.4. The lowest BCUT2D eigenvalue weighted by Gasteiger charge is -2.19. The maximum absolute atomic E-state index is 12.6. The molecule has 2 heterocycles. The summed E-state index contributed by atoms with van der Waals surface area (Å²) in [5.74, 6) is 0.523. The fraction of sp³-hybridized carbons (Fsp3) is 0.481. The first kappa shape index (κ1) is 23.1. The molecular weight excluding hydrogens is 382 g/mol. The third kappa shape index (κ3) is 5.96. The predicted molar refractivity (Wildman–Crippen MR) is 129 cm³/mol. The molecule has 0 unspecified atom stereocenters. The van der Waals surface area contributed by atoms with Gasteiger partial charge >= 0.3 is 0 Å². The van der Waals surface area contributed by atoms with Crippen LogP contribution in [-0.4, -0.2) is 27.2 Å². The summed E-state index contributed by atoms with van der Waals surface area (Å²) in [4.78, 5) is 19.4. The lowest BCUT2D eigenvalue weighted by Crippen LogP contribution is -2.28. The van der Waals surface area contributed by atoms with Crippen LogP contribution in [0.25, 0.3) is 16.9 Å². The number of unbranched alkanes of at least 4 members (excludes halogenated alkanes) is 3. The van der Waals surface area contributed by atoms with E-state index in [4.69, 9.17) is 4.98 Å². The van der Waals surface area contributed by atoms with E-state index in [1.54, 1.807) is 0 Å². The van der Waals surface area contributed by atoms with Crippen LogP contribution in [0.4, 0.5) is 0 Å². The Labute approximate surface area is 187 Å². The Morgan fingerprint density at radius 3 is 2.48 bits per heavy atom. The van der Waals surface area contributed by atoms with E-state index in [9.17, 15) is 4.79 Å². The molecule has 0 aliphatic heterocycles. The maximum atomic E-state index is 12.6. The van der Waals surface area contributed by atoms with Gasteiger partial charge in [0.1, 0.15) is 5.65 Å². The molecule has 0 N–H and O–H groups in total. The number of pyridine rings is 1. The van der Waals surface area contributed by atoms with Crippen LogP contribution in [-0.2, 0) is 17.8 Å². The summed E-state index contributed by atoms with van der Waals surface area (Å²) in [6.45, 7) is 9.04. The highest BCUT2D eigenvalue weighted by Crippen LogP contribution is 2.27. The number of carbonyl (C=O) groups excluding carboxylic acids is 1. The van der Waals surface area contributed by atoms with Crippen LogP contribution in [0.15, 0.2) is 42.6 Å². The number of imidazole rings is 1. The molecule has 166 valence electrons. The molecule has 0 spiro atoms. The molecule has 0 aliphatic rings. The number of nitrogens with zero attached hydrogens (tertiary/aromatic N) is 3. The van der Waals surface area contributed by atoms with Crippen molar-refractivity contribution in [3.05, 3.63) is 59.4 Å². The van der Waals surface area contributed by atoms with E-state index < -0.39 is 0 Å². The third-order valence-electron chi connectivity index (χ3n) is 5.81. The highest BCUT2D eigenvalue weighted by atomic mass is 16.2. The highest BCUT2D eigenvalue weighted by Gasteiger charge is 2.19. The first-order valence-electron chi connectivity index (χ1n) is 11.7. The molecule has 1 aromatic carbocycles. The normalized spacial score (nSPS) is 11.4. The molecule has 1 amide bonds. The minimum Gasteiger partial charge on any atom is -0.340 e. The number of hydrogen-bond acceptors (Lipinski definition) is 2. The maximum Gasteiger partial charge on any atom is 0.222 e. The number of rotatable bonds is 10. The van der Waals surface area contributed by atoms with Crippen LogP contribution in [0.2, 0.25) is 0 Å². The van der Waals surface area contributed by atoms with Crippen molar-refractivity contribution in [3.8, 4) is 11.3 Å². The second-order valence-corrected chi connectivity index (χ2v) is 9.20. The molecule has 0 aliphatic carbocycles. The molecule has 0 saturated heterocycles. The van der Waals surface area contributed by atoms with Crippen LogP contribution in [0.1, 0.15) is 69.7 Å². The summed E-state index contributed by atoms with van der Waals surface area (Å²) < 4.78 is 2.14. The molecule has 31 heavy (non-hydrogen) atoms. The van der Waals surface area contributed by atoms with Gasteiger partial charge in [-0.1, -0.05) is 70.4 Å². The molecule has 4 nitrogen and oxygen atoms in total. The van der Waals surface area contributed by atoms with Gasteiger partial charge < -0.3 is 9.30 Å². The number of fused-ring (bicyclic) bond motifs is 1. The molecule has 4 heteroatoms. The highest BCUT2D eigenvalue weighted by molar-refractivity contribution is 5.76. The minimum absolute atomic E-state index is 0.172. The lowest BCUT2D eigenvalue weighted by atomic mass is 10.0. The average Bonchev–Trinajstić information content (AvgIpc) is 3.08. The van der Waals surface area contributed by atoms with E-state index in [-0.39, 0.29) is 5.91 Å². The summed E-state index contributed by atoms with van der Waals surface area (Å²) in [7, 11) is 1.89. The fourth-order valence-electron chi connectivity index (χ4n) is 3.98. The van der Waals surface area contributed by atoms with E-state index in [1.807, 2.05) is 11.9 Å². The van der Waals surface area contributed by atoms with Gasteiger partial charge in [0.15, 0.2) is 0 Å². The number of amides is 1. The van der Waals surface area contributed by atoms with Gasteiger partial charge in [-0.2, -0.15) is 0 Å². The molecule has 0 saturated carbocycles. The van der Waals surface area contributed by atoms with Gasteiger partial charge in [0, 0.05) is 25.2 Å². The molecule has 2 aromatic heterocycles. The average molecular weight is 420 g/mol. The van der Waals surface area contributed by atoms with Crippen molar-refractivity contribution >= 4 is 11.6 Å². The van der Waals surface area contributed by atoms with Gasteiger partial charge in [-0.15, -0.1) is 0 Å². The Kier molecular flexibility index (Phi) is 7.89. The summed E-state index contributed by atoms with van der Waals surface area (Å²) in [6.07, 6.45) is 8.93. The van der Waals surface area contributed by atoms with Crippen molar-refractivity contribution in [2.75, 3.05) is 7.05 Å². The smallest absolute Gasteiger partial charge is 0.222 e. The monoisotopic (exact) mass is 419 g/mol. The van der Waals surface area contributed by atoms with Gasteiger partial charge in [0.05, 0.1) is 17.9 Å².